The van der Waals surface area contributed by atoms with Crippen LogP contribution in [0.25, 0.3) is 0 Å². The molecule has 2 rings (SSSR count). The predicted molar refractivity (Wildman–Crippen MR) is 71.0 cm³/mol. The third-order valence-electron chi connectivity index (χ3n) is 2.68. The van der Waals surface area contributed by atoms with Crippen LogP contribution >= 0.6 is 0 Å². The highest BCUT2D eigenvalue weighted by Crippen LogP contribution is 2.12. The molecule has 0 unspecified atom stereocenters. The second-order valence-electron chi connectivity index (χ2n) is 4.07. The summed E-state index contributed by atoms with van der Waals surface area (Å²) in [7, 11) is 1.24. The molecular formula is C15H12O6. The molecule has 1 heterocycles. The van der Waals surface area contributed by atoms with Crippen molar-refractivity contribution < 1.29 is 28.3 Å². The Morgan fingerprint density at radius 2 is 1.81 bits per heavy atom. The van der Waals surface area contributed by atoms with Gasteiger partial charge in [-0.05, 0) is 24.3 Å². The van der Waals surface area contributed by atoms with Gasteiger partial charge in [0.05, 0.1) is 12.7 Å². The SMILES string of the molecule is COC(=O)c1ccc(COC(=O)c2ccc(C=O)cc2)o1. The second kappa shape index (κ2) is 6.51. The molecule has 6 nitrogen and oxygen atoms in total. The summed E-state index contributed by atoms with van der Waals surface area (Å²) in [5, 5.41) is 0. The van der Waals surface area contributed by atoms with Gasteiger partial charge in [0.2, 0.25) is 5.76 Å². The Balaban J connectivity index is 1.95. The van der Waals surface area contributed by atoms with Crippen molar-refractivity contribution in [2.24, 2.45) is 0 Å². The minimum atomic E-state index is -0.600. The van der Waals surface area contributed by atoms with Crippen molar-refractivity contribution in [3.63, 3.8) is 0 Å². The van der Waals surface area contributed by atoms with Crippen LogP contribution in [0, 0.1) is 0 Å². The van der Waals surface area contributed by atoms with Gasteiger partial charge in [-0.2, -0.15) is 0 Å². The molecule has 0 saturated heterocycles. The zero-order valence-electron chi connectivity index (χ0n) is 11.2. The maximum absolute atomic E-state index is 11.8. The average molecular weight is 288 g/mol. The first-order valence-electron chi connectivity index (χ1n) is 6.03. The van der Waals surface area contributed by atoms with E-state index in [1.165, 1.54) is 43.5 Å². The highest BCUT2D eigenvalue weighted by Gasteiger charge is 2.13. The molecule has 0 bridgehead atoms. The quantitative estimate of drug-likeness (QED) is 0.619. The molecule has 21 heavy (non-hydrogen) atoms. The van der Waals surface area contributed by atoms with Gasteiger partial charge in [0, 0.05) is 5.56 Å². The van der Waals surface area contributed by atoms with Crippen LogP contribution in [0.5, 0.6) is 0 Å². The summed E-state index contributed by atoms with van der Waals surface area (Å²) in [6.07, 6.45) is 0.687. The van der Waals surface area contributed by atoms with Crippen LogP contribution in [-0.2, 0) is 16.1 Å². The van der Waals surface area contributed by atoms with E-state index in [0.717, 1.165) is 0 Å². The van der Waals surface area contributed by atoms with Crippen LogP contribution in [0.2, 0.25) is 0 Å². The summed E-state index contributed by atoms with van der Waals surface area (Å²) in [6.45, 7) is -0.106. The van der Waals surface area contributed by atoms with Crippen molar-refractivity contribution in [2.45, 2.75) is 6.61 Å². The summed E-state index contributed by atoms with van der Waals surface area (Å²) >= 11 is 0. The van der Waals surface area contributed by atoms with Crippen LogP contribution < -0.4 is 0 Å². The fourth-order valence-electron chi connectivity index (χ4n) is 1.58. The molecule has 108 valence electrons. The van der Waals surface area contributed by atoms with E-state index in [4.69, 9.17) is 9.15 Å². The van der Waals surface area contributed by atoms with Crippen LogP contribution in [0.15, 0.2) is 40.8 Å². The highest BCUT2D eigenvalue weighted by molar-refractivity contribution is 5.90. The van der Waals surface area contributed by atoms with Crippen molar-refractivity contribution in [1.29, 1.82) is 0 Å². The number of ether oxygens (including phenoxy) is 2. The van der Waals surface area contributed by atoms with E-state index in [2.05, 4.69) is 4.74 Å². The van der Waals surface area contributed by atoms with Gasteiger partial charge in [-0.15, -0.1) is 0 Å². The van der Waals surface area contributed by atoms with Gasteiger partial charge in [-0.1, -0.05) is 12.1 Å². The third kappa shape index (κ3) is 3.56. The number of methoxy groups -OCH3 is 1. The van der Waals surface area contributed by atoms with Crippen LogP contribution in [0.3, 0.4) is 0 Å². The van der Waals surface area contributed by atoms with Crippen molar-refractivity contribution in [3.05, 3.63) is 59.0 Å². The first-order chi connectivity index (χ1) is 10.1. The number of carbonyl (C=O) groups excluding carboxylic acids is 3. The van der Waals surface area contributed by atoms with Crippen LogP contribution in [0.4, 0.5) is 0 Å². The minimum absolute atomic E-state index is 0.0406. The number of esters is 2. The van der Waals surface area contributed by atoms with Crippen molar-refractivity contribution in [1.82, 2.24) is 0 Å². The molecule has 6 heteroatoms. The Labute approximate surface area is 120 Å². The lowest BCUT2D eigenvalue weighted by atomic mass is 10.1. The third-order valence-corrected chi connectivity index (χ3v) is 2.68. The van der Waals surface area contributed by atoms with Crippen molar-refractivity contribution >= 4 is 18.2 Å². The number of benzene rings is 1. The van der Waals surface area contributed by atoms with E-state index in [1.54, 1.807) is 0 Å². The van der Waals surface area contributed by atoms with Gasteiger partial charge in [0.15, 0.2) is 0 Å². The minimum Gasteiger partial charge on any atom is -0.463 e. The number of carbonyl (C=O) groups is 3. The molecule has 2 aromatic rings. The normalized spacial score (nSPS) is 9.95. The van der Waals surface area contributed by atoms with Crippen molar-refractivity contribution in [2.75, 3.05) is 7.11 Å². The van der Waals surface area contributed by atoms with Crippen molar-refractivity contribution in [3.8, 4) is 0 Å². The lowest BCUT2D eigenvalue weighted by molar-refractivity contribution is 0.0438. The number of rotatable bonds is 5. The van der Waals surface area contributed by atoms with E-state index < -0.39 is 11.9 Å². The summed E-state index contributed by atoms with van der Waals surface area (Å²) in [6, 6.07) is 8.99. The molecule has 0 spiro atoms. The molecule has 0 aliphatic heterocycles. The van der Waals surface area contributed by atoms with Gasteiger partial charge in [0.1, 0.15) is 18.7 Å². The number of furan rings is 1. The standard InChI is InChI=1S/C15H12O6/c1-19-15(18)13-7-6-12(21-13)9-20-14(17)11-4-2-10(8-16)3-5-11/h2-8H,9H2,1H3. The summed E-state index contributed by atoms with van der Waals surface area (Å²) in [5.41, 5.74) is 0.792. The lowest BCUT2D eigenvalue weighted by Gasteiger charge is -2.03. The fraction of sp³-hybridized carbons (Fsp3) is 0.133. The first kappa shape index (κ1) is 14.5. The molecule has 0 N–H and O–H groups in total. The van der Waals surface area contributed by atoms with E-state index in [0.29, 0.717) is 23.2 Å². The van der Waals surface area contributed by atoms with Gasteiger partial charge >= 0.3 is 11.9 Å². The monoisotopic (exact) mass is 288 g/mol. The molecule has 0 radical (unpaired) electrons. The zero-order chi connectivity index (χ0) is 15.2. The summed E-state index contributed by atoms with van der Waals surface area (Å²) in [4.78, 5) is 33.5. The number of hydrogen-bond acceptors (Lipinski definition) is 6. The first-order valence-corrected chi connectivity index (χ1v) is 6.03. The maximum Gasteiger partial charge on any atom is 0.373 e. The van der Waals surface area contributed by atoms with E-state index in [-0.39, 0.29) is 12.4 Å². The topological polar surface area (TPSA) is 82.8 Å². The van der Waals surface area contributed by atoms with E-state index in [9.17, 15) is 14.4 Å². The second-order valence-corrected chi connectivity index (χ2v) is 4.07. The Morgan fingerprint density at radius 3 is 2.43 bits per heavy atom. The molecule has 0 amide bonds. The Morgan fingerprint density at radius 1 is 1.10 bits per heavy atom. The van der Waals surface area contributed by atoms with Gasteiger partial charge in [-0.25, -0.2) is 9.59 Å². The molecule has 0 atom stereocenters. The Kier molecular flexibility index (Phi) is 4.50. The van der Waals surface area contributed by atoms with E-state index >= 15 is 0 Å². The Bertz CT molecular complexity index is 653. The van der Waals surface area contributed by atoms with Gasteiger partial charge in [0.25, 0.3) is 0 Å². The average Bonchev–Trinajstić information content (AvgIpc) is 3.01. The molecule has 0 aliphatic carbocycles. The highest BCUT2D eigenvalue weighted by atomic mass is 16.5. The molecule has 0 fully saturated rings. The fourth-order valence-corrected chi connectivity index (χ4v) is 1.58. The molecule has 0 saturated carbocycles. The molecule has 0 aliphatic rings. The maximum atomic E-state index is 11.8. The van der Waals surface area contributed by atoms with Gasteiger partial charge < -0.3 is 13.9 Å². The summed E-state index contributed by atoms with van der Waals surface area (Å²) in [5.74, 6) is -0.785. The molecule has 1 aromatic carbocycles. The lowest BCUT2D eigenvalue weighted by Crippen LogP contribution is -2.05. The zero-order valence-corrected chi connectivity index (χ0v) is 11.2. The number of aldehydes is 1. The predicted octanol–water partition coefficient (Wildman–Crippen LogP) is 2.24. The smallest absolute Gasteiger partial charge is 0.373 e. The summed E-state index contributed by atoms with van der Waals surface area (Å²) < 4.78 is 14.7. The Hall–Kier alpha value is -2.89. The molecule has 1 aromatic heterocycles. The number of hydrogen-bond donors (Lipinski definition) is 0. The molecular weight excluding hydrogens is 276 g/mol. The van der Waals surface area contributed by atoms with Crippen LogP contribution in [0.1, 0.15) is 37.0 Å². The van der Waals surface area contributed by atoms with Crippen LogP contribution in [-0.4, -0.2) is 25.3 Å². The van der Waals surface area contributed by atoms with Gasteiger partial charge in [-0.3, -0.25) is 4.79 Å². The van der Waals surface area contributed by atoms with E-state index in [1.807, 2.05) is 0 Å². The largest absolute Gasteiger partial charge is 0.463 e.